The quantitative estimate of drug-likeness (QED) is 0.318. The van der Waals surface area contributed by atoms with Gasteiger partial charge in [0.15, 0.2) is 11.6 Å². The van der Waals surface area contributed by atoms with E-state index in [0.29, 0.717) is 50.6 Å². The maximum atomic E-state index is 13.4. The molecule has 0 radical (unpaired) electrons. The van der Waals surface area contributed by atoms with Crippen molar-refractivity contribution in [3.63, 3.8) is 0 Å². The monoisotopic (exact) mass is 605 g/mol. The third-order valence-electron chi connectivity index (χ3n) is 8.31. The molecule has 218 valence electrons. The molecule has 6 rings (SSSR count). The summed E-state index contributed by atoms with van der Waals surface area (Å²) in [5, 5.41) is 3.74. The molecule has 42 heavy (non-hydrogen) atoms. The van der Waals surface area contributed by atoms with Crippen molar-refractivity contribution in [1.82, 2.24) is 28.9 Å². The molecule has 0 atom stereocenters. The third kappa shape index (κ3) is 5.15. The van der Waals surface area contributed by atoms with E-state index in [1.807, 2.05) is 60.6 Å². The summed E-state index contributed by atoms with van der Waals surface area (Å²) in [5.41, 5.74) is 6.55. The number of imidazole rings is 2. The Morgan fingerprint density at radius 3 is 1.98 bits per heavy atom. The molecule has 9 nitrogen and oxygen atoms in total. The Hall–Kier alpha value is -3.50. The zero-order chi connectivity index (χ0) is 29.7. The number of nitrogens with one attached hydrogen (secondary N) is 1. The van der Waals surface area contributed by atoms with Gasteiger partial charge in [0, 0.05) is 82.1 Å². The SMILES string of the molecule is CN1CCc2c(nc(C(=O)Cc3cccc(-c4cccc(NC(=O)c5nc6c(n5C)CCN(C)C6)c4Cl)c3Cl)n2C)C1. The molecular formula is C31H33Cl2N7O2. The second-order valence-electron chi connectivity index (χ2n) is 11.3. The van der Waals surface area contributed by atoms with Crippen LogP contribution in [-0.4, -0.2) is 67.8 Å². The average molecular weight is 607 g/mol. The predicted molar refractivity (Wildman–Crippen MR) is 164 cm³/mol. The van der Waals surface area contributed by atoms with Crippen molar-refractivity contribution in [2.45, 2.75) is 32.4 Å². The van der Waals surface area contributed by atoms with Gasteiger partial charge < -0.3 is 24.3 Å². The summed E-state index contributed by atoms with van der Waals surface area (Å²) >= 11 is 13.8. The molecule has 0 bridgehead atoms. The van der Waals surface area contributed by atoms with E-state index in [-0.39, 0.29) is 18.1 Å². The van der Waals surface area contributed by atoms with Crippen LogP contribution < -0.4 is 5.32 Å². The summed E-state index contributed by atoms with van der Waals surface area (Å²) in [7, 11) is 7.87. The fourth-order valence-electron chi connectivity index (χ4n) is 5.96. The van der Waals surface area contributed by atoms with Gasteiger partial charge in [0.1, 0.15) is 0 Å². The Kier molecular flexibility index (Phi) is 7.70. The molecule has 0 fully saturated rings. The fourth-order valence-corrected chi connectivity index (χ4v) is 6.53. The molecule has 0 saturated carbocycles. The summed E-state index contributed by atoms with van der Waals surface area (Å²) in [6.07, 6.45) is 1.82. The Balaban J connectivity index is 1.25. The van der Waals surface area contributed by atoms with Gasteiger partial charge in [-0.15, -0.1) is 0 Å². The van der Waals surface area contributed by atoms with Crippen LogP contribution in [-0.2, 0) is 46.4 Å². The van der Waals surface area contributed by atoms with Crippen LogP contribution in [0.4, 0.5) is 5.69 Å². The lowest BCUT2D eigenvalue weighted by Gasteiger charge is -2.21. The molecule has 2 aromatic heterocycles. The van der Waals surface area contributed by atoms with Gasteiger partial charge >= 0.3 is 0 Å². The van der Waals surface area contributed by atoms with Crippen LogP contribution in [0.5, 0.6) is 0 Å². The van der Waals surface area contributed by atoms with E-state index < -0.39 is 0 Å². The molecule has 2 aliphatic rings. The summed E-state index contributed by atoms with van der Waals surface area (Å²) in [5.74, 6) is 0.368. The summed E-state index contributed by atoms with van der Waals surface area (Å²) < 4.78 is 3.78. The van der Waals surface area contributed by atoms with Crippen LogP contribution >= 0.6 is 23.2 Å². The molecule has 0 unspecified atom stereocenters. The molecule has 1 N–H and O–H groups in total. The van der Waals surface area contributed by atoms with Gasteiger partial charge in [-0.05, 0) is 25.7 Å². The van der Waals surface area contributed by atoms with Crippen molar-refractivity contribution in [2.24, 2.45) is 14.1 Å². The van der Waals surface area contributed by atoms with Gasteiger partial charge in [-0.3, -0.25) is 9.59 Å². The second-order valence-corrected chi connectivity index (χ2v) is 12.0. The number of nitrogens with zero attached hydrogens (tertiary/aromatic N) is 6. The first kappa shape index (κ1) is 28.6. The number of hydrogen-bond acceptors (Lipinski definition) is 6. The van der Waals surface area contributed by atoms with Crippen molar-refractivity contribution >= 4 is 40.6 Å². The number of likely N-dealkylation sites (N-methyl/N-ethyl adjacent to an activating group) is 2. The number of amides is 1. The first-order valence-electron chi connectivity index (χ1n) is 14.0. The highest BCUT2D eigenvalue weighted by molar-refractivity contribution is 6.39. The zero-order valence-corrected chi connectivity index (χ0v) is 25.7. The largest absolute Gasteiger partial charge is 0.328 e. The number of carbonyl (C=O) groups is 2. The number of Topliss-reactive ketones (excluding diaryl/α,β-unsaturated/α-hetero) is 1. The molecule has 1 amide bonds. The Morgan fingerprint density at radius 2 is 1.33 bits per heavy atom. The van der Waals surface area contributed by atoms with Crippen molar-refractivity contribution in [3.05, 3.63) is 86.4 Å². The number of ketones is 1. The molecule has 4 heterocycles. The minimum Gasteiger partial charge on any atom is -0.328 e. The van der Waals surface area contributed by atoms with Crippen LogP contribution in [0.1, 0.15) is 49.6 Å². The zero-order valence-electron chi connectivity index (χ0n) is 24.2. The molecule has 0 spiro atoms. The second kappa shape index (κ2) is 11.3. The average Bonchev–Trinajstić information content (AvgIpc) is 3.46. The molecule has 11 heteroatoms. The highest BCUT2D eigenvalue weighted by Crippen LogP contribution is 2.39. The molecule has 2 aliphatic heterocycles. The van der Waals surface area contributed by atoms with Crippen LogP contribution in [0.15, 0.2) is 36.4 Å². The van der Waals surface area contributed by atoms with Crippen molar-refractivity contribution < 1.29 is 9.59 Å². The lowest BCUT2D eigenvalue weighted by Crippen LogP contribution is -2.27. The van der Waals surface area contributed by atoms with Crippen LogP contribution in [0.2, 0.25) is 10.0 Å². The Bertz CT molecular complexity index is 1600. The van der Waals surface area contributed by atoms with E-state index in [4.69, 9.17) is 23.2 Å². The topological polar surface area (TPSA) is 88.3 Å². The number of aromatic nitrogens is 4. The highest BCUT2D eigenvalue weighted by Gasteiger charge is 2.26. The molecule has 0 aliphatic carbocycles. The van der Waals surface area contributed by atoms with Crippen molar-refractivity contribution in [1.29, 1.82) is 0 Å². The number of fused-ring (bicyclic) bond motifs is 2. The highest BCUT2D eigenvalue weighted by atomic mass is 35.5. The predicted octanol–water partition coefficient (Wildman–Crippen LogP) is 4.78. The standard InChI is InChI=1S/C31H33Cl2N7O2/c1-37-13-11-24-22(16-37)34-29(39(24)3)26(41)15-18-7-5-8-19(27(18)32)20-9-6-10-21(28(20)33)36-31(42)30-35-23-17-38(2)14-12-25(23)40(30)4/h5-10H,11-17H2,1-4H3,(H,36,42). The minimum absolute atomic E-state index is 0.0929. The van der Waals surface area contributed by atoms with E-state index in [9.17, 15) is 9.59 Å². The Morgan fingerprint density at radius 1 is 0.786 bits per heavy atom. The lowest BCUT2D eigenvalue weighted by atomic mass is 9.99. The first-order chi connectivity index (χ1) is 20.1. The summed E-state index contributed by atoms with van der Waals surface area (Å²) in [4.78, 5) is 40.4. The number of benzene rings is 2. The minimum atomic E-state index is -0.331. The van der Waals surface area contributed by atoms with Gasteiger partial charge in [-0.2, -0.15) is 0 Å². The van der Waals surface area contributed by atoms with Crippen LogP contribution in [0, 0.1) is 0 Å². The lowest BCUT2D eigenvalue weighted by molar-refractivity contribution is 0.0978. The molecule has 0 saturated heterocycles. The maximum Gasteiger partial charge on any atom is 0.291 e. The number of anilines is 1. The van der Waals surface area contributed by atoms with Gasteiger partial charge in [0.05, 0.1) is 27.1 Å². The van der Waals surface area contributed by atoms with E-state index in [1.165, 1.54) is 0 Å². The first-order valence-corrected chi connectivity index (χ1v) is 14.7. The van der Waals surface area contributed by atoms with Gasteiger partial charge in [0.2, 0.25) is 5.78 Å². The Labute approximate surface area is 255 Å². The van der Waals surface area contributed by atoms with Crippen LogP contribution in [0.25, 0.3) is 11.1 Å². The van der Waals surface area contributed by atoms with Gasteiger partial charge in [0.25, 0.3) is 5.91 Å². The van der Waals surface area contributed by atoms with Crippen molar-refractivity contribution in [3.8, 4) is 11.1 Å². The summed E-state index contributed by atoms with van der Waals surface area (Å²) in [6, 6.07) is 11.0. The van der Waals surface area contributed by atoms with Gasteiger partial charge in [-0.25, -0.2) is 9.97 Å². The van der Waals surface area contributed by atoms with E-state index in [0.717, 1.165) is 55.3 Å². The van der Waals surface area contributed by atoms with Crippen molar-refractivity contribution in [2.75, 3.05) is 32.5 Å². The maximum absolute atomic E-state index is 13.4. The molecular weight excluding hydrogens is 573 g/mol. The molecule has 2 aromatic carbocycles. The fraction of sp³-hybridized carbons (Fsp3) is 0.355. The van der Waals surface area contributed by atoms with E-state index in [1.54, 1.807) is 6.07 Å². The number of hydrogen-bond donors (Lipinski definition) is 1. The number of rotatable bonds is 6. The normalized spacial score (nSPS) is 15.4. The third-order valence-corrected chi connectivity index (χ3v) is 9.17. The number of halogens is 2. The number of carbonyl (C=O) groups excluding carboxylic acids is 2. The molecule has 4 aromatic rings. The van der Waals surface area contributed by atoms with Gasteiger partial charge in [-0.1, -0.05) is 53.5 Å². The van der Waals surface area contributed by atoms with E-state index in [2.05, 4.69) is 32.1 Å². The van der Waals surface area contributed by atoms with E-state index >= 15 is 0 Å². The smallest absolute Gasteiger partial charge is 0.291 e. The summed E-state index contributed by atoms with van der Waals surface area (Å²) in [6.45, 7) is 3.31. The van der Waals surface area contributed by atoms with Crippen LogP contribution in [0.3, 0.4) is 0 Å².